The topological polar surface area (TPSA) is 81.4 Å². The predicted octanol–water partition coefficient (Wildman–Crippen LogP) is 1.73. The van der Waals surface area contributed by atoms with E-state index in [1.54, 1.807) is 26.0 Å². The Kier molecular flexibility index (Phi) is 4.77. The van der Waals surface area contributed by atoms with Crippen LogP contribution in [0.25, 0.3) is 0 Å². The van der Waals surface area contributed by atoms with Crippen LogP contribution < -0.4 is 10.5 Å². The minimum Gasteiger partial charge on any atom is -0.399 e. The summed E-state index contributed by atoms with van der Waals surface area (Å²) in [5.74, 6) is 0. The van der Waals surface area contributed by atoms with Gasteiger partial charge in [-0.3, -0.25) is 0 Å². The van der Waals surface area contributed by atoms with Gasteiger partial charge in [0.25, 0.3) is 0 Å². The summed E-state index contributed by atoms with van der Waals surface area (Å²) in [4.78, 5) is 0.154. The van der Waals surface area contributed by atoms with Crippen molar-refractivity contribution in [1.29, 1.82) is 0 Å². The number of benzene rings is 1. The van der Waals surface area contributed by atoms with Gasteiger partial charge in [-0.05, 0) is 48.0 Å². The van der Waals surface area contributed by atoms with Crippen LogP contribution in [0.15, 0.2) is 27.6 Å². The molecule has 102 valence electrons. The maximum absolute atomic E-state index is 12.2. The molecule has 0 heterocycles. The van der Waals surface area contributed by atoms with Gasteiger partial charge in [-0.1, -0.05) is 0 Å². The average Bonchev–Trinajstić information content (AvgIpc) is 2.14. The molecule has 1 aromatic rings. The summed E-state index contributed by atoms with van der Waals surface area (Å²) in [6.45, 7) is 3.78. The lowest BCUT2D eigenvalue weighted by Crippen LogP contribution is -2.46. The summed E-state index contributed by atoms with van der Waals surface area (Å²) in [7, 11) is -2.10. The highest BCUT2D eigenvalue weighted by Gasteiger charge is 2.27. The summed E-state index contributed by atoms with van der Waals surface area (Å²) in [5, 5.41) is 0. The Balaban J connectivity index is 3.07. The van der Waals surface area contributed by atoms with E-state index in [9.17, 15) is 8.42 Å². The standard InChI is InChI=1S/C11H17BrN2O3S/c1-11(2,7-17-3)14-18(15,16)10-5-4-8(13)6-9(10)12/h4-6,14H,7,13H2,1-3H3. The minimum atomic E-state index is -3.62. The normalized spacial score (nSPS) is 12.7. The van der Waals surface area contributed by atoms with E-state index >= 15 is 0 Å². The first kappa shape index (κ1) is 15.4. The molecule has 0 aliphatic rings. The second kappa shape index (κ2) is 5.56. The third-order valence-electron chi connectivity index (χ3n) is 2.16. The van der Waals surface area contributed by atoms with E-state index in [0.29, 0.717) is 10.2 Å². The number of nitrogens with one attached hydrogen (secondary N) is 1. The molecular weight excluding hydrogens is 320 g/mol. The number of rotatable bonds is 5. The van der Waals surface area contributed by atoms with Crippen molar-refractivity contribution in [2.24, 2.45) is 0 Å². The van der Waals surface area contributed by atoms with Crippen molar-refractivity contribution in [3.63, 3.8) is 0 Å². The quantitative estimate of drug-likeness (QED) is 0.802. The second-order valence-electron chi connectivity index (χ2n) is 4.61. The molecule has 0 saturated carbocycles. The molecule has 0 aliphatic carbocycles. The van der Waals surface area contributed by atoms with Crippen LogP contribution in [0, 0.1) is 0 Å². The number of nitrogens with two attached hydrogens (primary N) is 1. The molecule has 7 heteroatoms. The number of hydrogen-bond donors (Lipinski definition) is 2. The maximum Gasteiger partial charge on any atom is 0.242 e. The van der Waals surface area contributed by atoms with Gasteiger partial charge in [0, 0.05) is 17.3 Å². The first-order chi connectivity index (χ1) is 8.18. The fourth-order valence-corrected chi connectivity index (χ4v) is 4.04. The molecule has 0 unspecified atom stereocenters. The van der Waals surface area contributed by atoms with Gasteiger partial charge in [0.05, 0.1) is 17.0 Å². The van der Waals surface area contributed by atoms with Gasteiger partial charge in [-0.25, -0.2) is 13.1 Å². The number of anilines is 1. The summed E-state index contributed by atoms with van der Waals surface area (Å²) in [5.41, 5.74) is 5.39. The van der Waals surface area contributed by atoms with Gasteiger partial charge < -0.3 is 10.5 Å². The fourth-order valence-electron chi connectivity index (χ4n) is 1.54. The Morgan fingerprint density at radius 2 is 2.06 bits per heavy atom. The molecular formula is C11H17BrN2O3S. The van der Waals surface area contributed by atoms with Gasteiger partial charge in [0.1, 0.15) is 0 Å². The molecule has 0 bridgehead atoms. The number of ether oxygens (including phenoxy) is 1. The molecule has 1 aromatic carbocycles. The van der Waals surface area contributed by atoms with Crippen LogP contribution in [0.3, 0.4) is 0 Å². The van der Waals surface area contributed by atoms with Crippen molar-refractivity contribution in [2.45, 2.75) is 24.3 Å². The summed E-state index contributed by atoms with van der Waals surface area (Å²) in [6.07, 6.45) is 0. The molecule has 5 nitrogen and oxygen atoms in total. The molecule has 0 aliphatic heterocycles. The van der Waals surface area contributed by atoms with Crippen molar-refractivity contribution in [3.8, 4) is 0 Å². The van der Waals surface area contributed by atoms with Crippen LogP contribution in [0.4, 0.5) is 5.69 Å². The van der Waals surface area contributed by atoms with Crippen LogP contribution >= 0.6 is 15.9 Å². The highest BCUT2D eigenvalue weighted by atomic mass is 79.9. The lowest BCUT2D eigenvalue weighted by atomic mass is 10.1. The Labute approximate surface area is 116 Å². The number of hydrogen-bond acceptors (Lipinski definition) is 4. The molecule has 1 rings (SSSR count). The molecule has 0 aromatic heterocycles. The molecule has 18 heavy (non-hydrogen) atoms. The fraction of sp³-hybridized carbons (Fsp3) is 0.455. The van der Waals surface area contributed by atoms with Crippen LogP contribution in [-0.2, 0) is 14.8 Å². The predicted molar refractivity (Wildman–Crippen MR) is 74.8 cm³/mol. The number of halogens is 1. The number of sulfonamides is 1. The van der Waals surface area contributed by atoms with E-state index < -0.39 is 15.6 Å². The molecule has 0 atom stereocenters. The van der Waals surface area contributed by atoms with Crippen LogP contribution in [-0.4, -0.2) is 27.7 Å². The molecule has 0 radical (unpaired) electrons. The van der Waals surface area contributed by atoms with E-state index in [4.69, 9.17) is 10.5 Å². The maximum atomic E-state index is 12.2. The van der Waals surface area contributed by atoms with Crippen molar-refractivity contribution < 1.29 is 13.2 Å². The zero-order valence-corrected chi connectivity index (χ0v) is 12.9. The largest absolute Gasteiger partial charge is 0.399 e. The van der Waals surface area contributed by atoms with Crippen LogP contribution in [0.2, 0.25) is 0 Å². The highest BCUT2D eigenvalue weighted by molar-refractivity contribution is 9.10. The van der Waals surface area contributed by atoms with Gasteiger partial charge in [0.2, 0.25) is 10.0 Å². The molecule has 3 N–H and O–H groups in total. The Morgan fingerprint density at radius 1 is 1.44 bits per heavy atom. The van der Waals surface area contributed by atoms with Gasteiger partial charge in [-0.2, -0.15) is 0 Å². The Bertz CT molecular complexity index is 529. The third kappa shape index (κ3) is 3.94. The monoisotopic (exact) mass is 336 g/mol. The molecule has 0 saturated heterocycles. The lowest BCUT2D eigenvalue weighted by molar-refractivity contribution is 0.141. The Morgan fingerprint density at radius 3 is 2.56 bits per heavy atom. The van der Waals surface area contributed by atoms with E-state index in [-0.39, 0.29) is 11.5 Å². The van der Waals surface area contributed by atoms with E-state index in [1.165, 1.54) is 13.2 Å². The van der Waals surface area contributed by atoms with E-state index in [2.05, 4.69) is 20.7 Å². The van der Waals surface area contributed by atoms with Crippen molar-refractivity contribution in [2.75, 3.05) is 19.5 Å². The minimum absolute atomic E-state index is 0.154. The second-order valence-corrected chi connectivity index (χ2v) is 7.12. The van der Waals surface area contributed by atoms with Gasteiger partial charge in [0.15, 0.2) is 0 Å². The average molecular weight is 337 g/mol. The van der Waals surface area contributed by atoms with Crippen LogP contribution in [0.1, 0.15) is 13.8 Å². The first-order valence-corrected chi connectivity index (χ1v) is 7.53. The van der Waals surface area contributed by atoms with Gasteiger partial charge >= 0.3 is 0 Å². The number of nitrogen functional groups attached to an aromatic ring is 1. The van der Waals surface area contributed by atoms with Crippen molar-refractivity contribution in [1.82, 2.24) is 4.72 Å². The lowest BCUT2D eigenvalue weighted by Gasteiger charge is -2.25. The SMILES string of the molecule is COCC(C)(C)NS(=O)(=O)c1ccc(N)cc1Br. The summed E-state index contributed by atoms with van der Waals surface area (Å²) in [6, 6.07) is 4.56. The third-order valence-corrected chi connectivity index (χ3v) is 4.84. The zero-order chi connectivity index (χ0) is 14.0. The van der Waals surface area contributed by atoms with Crippen molar-refractivity contribution in [3.05, 3.63) is 22.7 Å². The van der Waals surface area contributed by atoms with E-state index in [0.717, 1.165) is 0 Å². The zero-order valence-electron chi connectivity index (χ0n) is 10.5. The van der Waals surface area contributed by atoms with Crippen molar-refractivity contribution >= 4 is 31.6 Å². The van der Waals surface area contributed by atoms with Gasteiger partial charge in [-0.15, -0.1) is 0 Å². The summed E-state index contributed by atoms with van der Waals surface area (Å²) >= 11 is 3.20. The smallest absolute Gasteiger partial charge is 0.242 e. The van der Waals surface area contributed by atoms with Crippen LogP contribution in [0.5, 0.6) is 0 Å². The molecule has 0 spiro atoms. The molecule has 0 fully saturated rings. The summed E-state index contributed by atoms with van der Waals surface area (Å²) < 4.78 is 32.4. The molecule has 0 amide bonds. The first-order valence-electron chi connectivity index (χ1n) is 5.26. The van der Waals surface area contributed by atoms with E-state index in [1.807, 2.05) is 0 Å². The number of methoxy groups -OCH3 is 1. The highest BCUT2D eigenvalue weighted by Crippen LogP contribution is 2.25. The Hall–Kier alpha value is -0.630.